The van der Waals surface area contributed by atoms with Crippen LogP contribution in [-0.2, 0) is 9.47 Å². The number of carbonyl (C=O) groups is 1. The van der Waals surface area contributed by atoms with E-state index in [0.717, 1.165) is 13.0 Å². The van der Waals surface area contributed by atoms with Gasteiger partial charge in [-0.1, -0.05) is 6.92 Å². The SMILES string of the molecule is CC1SCCCC1NC1C(NC(=O)OC(C)(C)C)C2CCOC21. The quantitative estimate of drug-likeness (QED) is 0.825. The van der Waals surface area contributed by atoms with Crippen LogP contribution < -0.4 is 10.6 Å². The summed E-state index contributed by atoms with van der Waals surface area (Å²) in [5.41, 5.74) is -0.461. The number of nitrogens with one attached hydrogen (secondary N) is 2. The van der Waals surface area contributed by atoms with Crippen LogP contribution in [0.3, 0.4) is 0 Å². The normalized spacial score (nSPS) is 40.2. The third-order valence-electron chi connectivity index (χ3n) is 5.08. The van der Waals surface area contributed by atoms with Crippen LogP contribution in [0.5, 0.6) is 0 Å². The van der Waals surface area contributed by atoms with Crippen LogP contribution in [0.2, 0.25) is 0 Å². The van der Waals surface area contributed by atoms with Gasteiger partial charge in [0.05, 0.1) is 18.2 Å². The molecule has 2 heterocycles. The zero-order valence-corrected chi connectivity index (χ0v) is 15.4. The molecule has 0 aromatic rings. The first-order valence-corrected chi connectivity index (χ1v) is 9.89. The molecule has 6 heteroatoms. The van der Waals surface area contributed by atoms with Gasteiger partial charge in [-0.2, -0.15) is 11.8 Å². The monoisotopic (exact) mass is 342 g/mol. The van der Waals surface area contributed by atoms with E-state index in [4.69, 9.17) is 9.47 Å². The Labute approximate surface area is 143 Å². The number of alkyl carbamates (subject to hydrolysis) is 1. The maximum Gasteiger partial charge on any atom is 0.407 e. The topological polar surface area (TPSA) is 59.6 Å². The second-order valence-electron chi connectivity index (χ2n) is 7.98. The fourth-order valence-electron chi connectivity index (χ4n) is 3.94. The van der Waals surface area contributed by atoms with Gasteiger partial charge >= 0.3 is 6.09 Å². The molecule has 2 saturated heterocycles. The third kappa shape index (κ3) is 3.97. The van der Waals surface area contributed by atoms with Crippen molar-refractivity contribution >= 4 is 17.9 Å². The molecule has 0 aromatic heterocycles. The smallest absolute Gasteiger partial charge is 0.407 e. The Morgan fingerprint density at radius 3 is 2.74 bits per heavy atom. The van der Waals surface area contributed by atoms with Crippen LogP contribution in [0.15, 0.2) is 0 Å². The summed E-state index contributed by atoms with van der Waals surface area (Å²) in [6, 6.07) is 0.837. The molecule has 3 rings (SSSR count). The van der Waals surface area contributed by atoms with E-state index in [9.17, 15) is 4.79 Å². The molecular formula is C17H30N2O3S. The summed E-state index contributed by atoms with van der Waals surface area (Å²) in [7, 11) is 0. The molecule has 6 unspecified atom stereocenters. The minimum Gasteiger partial charge on any atom is -0.444 e. The molecule has 132 valence electrons. The largest absolute Gasteiger partial charge is 0.444 e. The molecule has 1 saturated carbocycles. The van der Waals surface area contributed by atoms with E-state index in [2.05, 4.69) is 17.6 Å². The predicted octanol–water partition coefficient (Wildman–Crippen LogP) is 2.54. The van der Waals surface area contributed by atoms with Crippen molar-refractivity contribution in [1.29, 1.82) is 0 Å². The maximum absolute atomic E-state index is 12.1. The van der Waals surface area contributed by atoms with Crippen molar-refractivity contribution < 1.29 is 14.3 Å². The minimum atomic E-state index is -0.461. The van der Waals surface area contributed by atoms with E-state index < -0.39 is 5.60 Å². The highest BCUT2D eigenvalue weighted by Gasteiger charge is 2.55. The first kappa shape index (κ1) is 17.4. The number of carbonyl (C=O) groups excluding carboxylic acids is 1. The van der Waals surface area contributed by atoms with Gasteiger partial charge in [0.25, 0.3) is 0 Å². The fourth-order valence-corrected chi connectivity index (χ4v) is 5.09. The van der Waals surface area contributed by atoms with Crippen molar-refractivity contribution in [2.24, 2.45) is 5.92 Å². The van der Waals surface area contributed by atoms with Crippen LogP contribution in [0.25, 0.3) is 0 Å². The average Bonchev–Trinajstić information content (AvgIpc) is 2.87. The Morgan fingerprint density at radius 1 is 1.26 bits per heavy atom. The summed E-state index contributed by atoms with van der Waals surface area (Å²) in [5.74, 6) is 1.68. The summed E-state index contributed by atoms with van der Waals surface area (Å²) in [5, 5.41) is 7.48. The molecule has 1 amide bonds. The van der Waals surface area contributed by atoms with Gasteiger partial charge in [-0.3, -0.25) is 0 Å². The molecule has 0 aromatic carbocycles. The Kier molecular flexibility index (Phi) is 5.14. The zero-order chi connectivity index (χ0) is 16.6. The van der Waals surface area contributed by atoms with E-state index in [1.165, 1.54) is 18.6 Å². The van der Waals surface area contributed by atoms with Crippen molar-refractivity contribution in [2.45, 2.75) is 82.0 Å². The van der Waals surface area contributed by atoms with Crippen molar-refractivity contribution in [3.63, 3.8) is 0 Å². The van der Waals surface area contributed by atoms with Gasteiger partial charge in [0.1, 0.15) is 5.60 Å². The molecule has 2 N–H and O–H groups in total. The van der Waals surface area contributed by atoms with E-state index in [1.54, 1.807) is 0 Å². The van der Waals surface area contributed by atoms with Crippen molar-refractivity contribution in [1.82, 2.24) is 10.6 Å². The lowest BCUT2D eigenvalue weighted by molar-refractivity contribution is -0.0380. The molecule has 2 aliphatic heterocycles. The van der Waals surface area contributed by atoms with Gasteiger partial charge in [-0.25, -0.2) is 4.79 Å². The van der Waals surface area contributed by atoms with Crippen LogP contribution in [0.4, 0.5) is 4.79 Å². The highest BCUT2D eigenvalue weighted by molar-refractivity contribution is 7.99. The summed E-state index contributed by atoms with van der Waals surface area (Å²) in [6.45, 7) is 8.78. The number of fused-ring (bicyclic) bond motifs is 1. The van der Waals surface area contributed by atoms with Crippen molar-refractivity contribution in [3.05, 3.63) is 0 Å². The number of hydrogen-bond donors (Lipinski definition) is 2. The number of ether oxygens (including phenoxy) is 2. The van der Waals surface area contributed by atoms with Gasteiger partial charge in [-0.05, 0) is 45.8 Å². The zero-order valence-electron chi connectivity index (χ0n) is 14.6. The highest BCUT2D eigenvalue weighted by Crippen LogP contribution is 2.40. The first-order valence-electron chi connectivity index (χ1n) is 8.84. The van der Waals surface area contributed by atoms with Crippen molar-refractivity contribution in [2.75, 3.05) is 12.4 Å². The highest BCUT2D eigenvalue weighted by atomic mass is 32.2. The van der Waals surface area contributed by atoms with Crippen LogP contribution >= 0.6 is 11.8 Å². The van der Waals surface area contributed by atoms with E-state index >= 15 is 0 Å². The van der Waals surface area contributed by atoms with Gasteiger partial charge in [0.15, 0.2) is 0 Å². The van der Waals surface area contributed by atoms with E-state index in [-0.39, 0.29) is 24.3 Å². The minimum absolute atomic E-state index is 0.122. The molecule has 0 spiro atoms. The van der Waals surface area contributed by atoms with Crippen molar-refractivity contribution in [3.8, 4) is 0 Å². The Balaban J connectivity index is 1.59. The lowest BCUT2D eigenvalue weighted by Gasteiger charge is -2.50. The fraction of sp³-hybridized carbons (Fsp3) is 0.941. The predicted molar refractivity (Wildman–Crippen MR) is 92.9 cm³/mol. The second-order valence-corrected chi connectivity index (χ2v) is 9.46. The van der Waals surface area contributed by atoms with E-state index in [0.29, 0.717) is 17.2 Å². The maximum atomic E-state index is 12.1. The molecule has 5 nitrogen and oxygen atoms in total. The Hall–Kier alpha value is -0.460. The van der Waals surface area contributed by atoms with Crippen LogP contribution in [0, 0.1) is 5.92 Å². The van der Waals surface area contributed by atoms with Gasteiger partial charge in [-0.15, -0.1) is 0 Å². The summed E-state index contributed by atoms with van der Waals surface area (Å²) < 4.78 is 11.3. The molecule has 3 fully saturated rings. The molecule has 23 heavy (non-hydrogen) atoms. The lowest BCUT2D eigenvalue weighted by Crippen LogP contribution is -2.72. The van der Waals surface area contributed by atoms with Gasteiger partial charge in [0, 0.05) is 23.8 Å². The molecule has 1 aliphatic carbocycles. The molecule has 0 radical (unpaired) electrons. The second kappa shape index (κ2) is 6.81. The number of thioether (sulfide) groups is 1. The molecule has 6 atom stereocenters. The van der Waals surface area contributed by atoms with Crippen LogP contribution in [-0.4, -0.2) is 53.5 Å². The lowest BCUT2D eigenvalue weighted by atomic mass is 9.71. The summed E-state index contributed by atoms with van der Waals surface area (Å²) in [6.07, 6.45) is 3.43. The third-order valence-corrected chi connectivity index (χ3v) is 6.46. The molecule has 3 aliphatic rings. The number of amides is 1. The van der Waals surface area contributed by atoms with Gasteiger partial charge < -0.3 is 20.1 Å². The standard InChI is InChI=1S/C17H30N2O3S/c1-10-12(6-5-9-23-10)18-14-13(11-7-8-21-15(11)14)19-16(20)22-17(2,3)4/h10-15,18H,5-9H2,1-4H3,(H,19,20). The Morgan fingerprint density at radius 2 is 2.04 bits per heavy atom. The van der Waals surface area contributed by atoms with E-state index in [1.807, 2.05) is 32.5 Å². The van der Waals surface area contributed by atoms with Crippen LogP contribution in [0.1, 0.15) is 47.0 Å². The Bertz CT molecular complexity index is 440. The summed E-state index contributed by atoms with van der Waals surface area (Å²) >= 11 is 2.04. The average molecular weight is 343 g/mol. The number of rotatable bonds is 3. The molecular weight excluding hydrogens is 312 g/mol. The molecule has 0 bridgehead atoms. The summed E-state index contributed by atoms with van der Waals surface area (Å²) in [4.78, 5) is 12.1. The first-order chi connectivity index (χ1) is 10.8. The van der Waals surface area contributed by atoms with Gasteiger partial charge in [0.2, 0.25) is 0 Å². The number of hydrogen-bond acceptors (Lipinski definition) is 5.